The Morgan fingerprint density at radius 1 is 1.05 bits per heavy atom. The maximum Gasteiger partial charge on any atom is 0.262 e. The normalized spacial score (nSPS) is 14.4. The molecule has 0 radical (unpaired) electrons. The van der Waals surface area contributed by atoms with Crippen molar-refractivity contribution in [3.8, 4) is 11.1 Å². The molecule has 4 heterocycles. The Balaban J connectivity index is 1.54. The first-order chi connectivity index (χ1) is 17.5. The van der Waals surface area contributed by atoms with Gasteiger partial charge >= 0.3 is 0 Å². The van der Waals surface area contributed by atoms with Gasteiger partial charge in [0.25, 0.3) is 5.91 Å². The number of carbonyl (C=O) groups excluding carboxylic acids is 1. The lowest BCUT2D eigenvalue weighted by molar-refractivity contribution is 0.102. The lowest BCUT2D eigenvalue weighted by Crippen LogP contribution is -2.36. The summed E-state index contributed by atoms with van der Waals surface area (Å²) in [5.74, 6) is -1.68. The van der Waals surface area contributed by atoms with Crippen molar-refractivity contribution >= 4 is 22.9 Å². The molecule has 1 fully saturated rings. The summed E-state index contributed by atoms with van der Waals surface area (Å²) in [4.78, 5) is 19.7. The van der Waals surface area contributed by atoms with Gasteiger partial charge in [-0.15, -0.1) is 5.10 Å². The summed E-state index contributed by atoms with van der Waals surface area (Å²) in [5, 5.41) is 10.8. The molecule has 194 valence electrons. The molecule has 0 aliphatic carbocycles. The lowest BCUT2D eigenvalue weighted by Gasteiger charge is -2.29. The third-order valence-corrected chi connectivity index (χ3v) is 6.35. The summed E-state index contributed by atoms with van der Waals surface area (Å²) in [6.45, 7) is 11.8. The van der Waals surface area contributed by atoms with Gasteiger partial charge in [-0.1, -0.05) is 0 Å². The van der Waals surface area contributed by atoms with Crippen molar-refractivity contribution in [2.45, 2.75) is 40.2 Å². The molecule has 11 heteroatoms. The average molecular weight is 510 g/mol. The van der Waals surface area contributed by atoms with Crippen LogP contribution in [0.1, 0.15) is 42.5 Å². The minimum Gasteiger partial charge on any atom is -0.378 e. The van der Waals surface area contributed by atoms with Gasteiger partial charge in [0.1, 0.15) is 17.2 Å². The van der Waals surface area contributed by atoms with Gasteiger partial charge in [0.05, 0.1) is 30.1 Å². The van der Waals surface area contributed by atoms with E-state index < -0.39 is 23.2 Å². The van der Waals surface area contributed by atoms with Crippen molar-refractivity contribution < 1.29 is 18.3 Å². The van der Waals surface area contributed by atoms with Gasteiger partial charge in [-0.25, -0.2) is 13.9 Å². The van der Waals surface area contributed by atoms with Gasteiger partial charge in [-0.3, -0.25) is 9.48 Å². The summed E-state index contributed by atoms with van der Waals surface area (Å²) in [6, 6.07) is 4.90. The van der Waals surface area contributed by atoms with Crippen molar-refractivity contribution in [3.05, 3.63) is 59.3 Å². The molecule has 0 saturated carbocycles. The van der Waals surface area contributed by atoms with Crippen LogP contribution in [-0.4, -0.2) is 56.6 Å². The van der Waals surface area contributed by atoms with Gasteiger partial charge in [-0.05, 0) is 63.9 Å². The average Bonchev–Trinajstić information content (AvgIpc) is 3.42. The molecule has 37 heavy (non-hydrogen) atoms. The molecular weight excluding hydrogens is 480 g/mol. The molecule has 0 bridgehead atoms. The number of nitrogens with zero attached hydrogens (tertiary/aromatic N) is 6. The minimum absolute atomic E-state index is 0.0590. The molecule has 1 amide bonds. The summed E-state index contributed by atoms with van der Waals surface area (Å²) >= 11 is 0. The van der Waals surface area contributed by atoms with E-state index in [9.17, 15) is 13.6 Å². The molecule has 1 aromatic carbocycles. The van der Waals surface area contributed by atoms with Crippen LogP contribution in [0.25, 0.3) is 16.8 Å². The lowest BCUT2D eigenvalue weighted by atomic mass is 10.00. The van der Waals surface area contributed by atoms with E-state index in [2.05, 4.69) is 25.4 Å². The highest BCUT2D eigenvalue weighted by Gasteiger charge is 2.24. The van der Waals surface area contributed by atoms with Crippen molar-refractivity contribution in [1.29, 1.82) is 0 Å². The van der Waals surface area contributed by atoms with E-state index in [4.69, 9.17) is 4.74 Å². The number of anilines is 2. The van der Waals surface area contributed by atoms with Crippen LogP contribution < -0.4 is 10.2 Å². The first-order valence-electron chi connectivity index (χ1n) is 12.1. The van der Waals surface area contributed by atoms with E-state index in [0.29, 0.717) is 43.3 Å². The van der Waals surface area contributed by atoms with Crippen LogP contribution in [0.2, 0.25) is 0 Å². The Hall–Kier alpha value is -3.86. The van der Waals surface area contributed by atoms with Crippen molar-refractivity contribution in [2.24, 2.45) is 0 Å². The van der Waals surface area contributed by atoms with Gasteiger partial charge in [0, 0.05) is 31.0 Å². The van der Waals surface area contributed by atoms with Crippen LogP contribution in [0.4, 0.5) is 20.2 Å². The Labute approximate surface area is 213 Å². The Morgan fingerprint density at radius 2 is 1.78 bits per heavy atom. The third-order valence-electron chi connectivity index (χ3n) is 6.35. The maximum atomic E-state index is 15.0. The van der Waals surface area contributed by atoms with E-state index >= 15 is 0 Å². The van der Waals surface area contributed by atoms with Gasteiger partial charge in [-0.2, -0.15) is 9.49 Å². The number of morpholine rings is 1. The van der Waals surface area contributed by atoms with Crippen molar-refractivity contribution in [2.75, 3.05) is 36.5 Å². The van der Waals surface area contributed by atoms with Crippen LogP contribution in [-0.2, 0) is 10.3 Å². The highest BCUT2D eigenvalue weighted by molar-refractivity contribution is 6.04. The summed E-state index contributed by atoms with van der Waals surface area (Å²) in [5.41, 5.74) is 2.94. The number of aromatic nitrogens is 5. The molecule has 0 atom stereocenters. The van der Waals surface area contributed by atoms with Crippen LogP contribution in [0, 0.1) is 25.6 Å². The number of pyridine rings is 1. The second-order valence-electron chi connectivity index (χ2n) is 10.2. The first kappa shape index (κ1) is 24.8. The predicted octanol–water partition coefficient (Wildman–Crippen LogP) is 4.33. The zero-order valence-electron chi connectivity index (χ0n) is 21.5. The van der Waals surface area contributed by atoms with E-state index in [0.717, 1.165) is 16.9 Å². The molecule has 9 nitrogen and oxygen atoms in total. The molecular formula is C26H29F2N7O2. The fourth-order valence-corrected chi connectivity index (χ4v) is 4.38. The van der Waals surface area contributed by atoms with Gasteiger partial charge in [0.15, 0.2) is 5.65 Å². The number of aryl methyl sites for hydroxylation is 2. The summed E-state index contributed by atoms with van der Waals surface area (Å²) in [6.07, 6.45) is 3.16. The quantitative estimate of drug-likeness (QED) is 0.441. The molecule has 1 aliphatic rings. The number of amides is 1. The number of ether oxygens (including phenoxy) is 1. The highest BCUT2D eigenvalue weighted by Crippen LogP contribution is 2.33. The largest absolute Gasteiger partial charge is 0.378 e. The zero-order chi connectivity index (χ0) is 26.5. The Bertz CT molecular complexity index is 1500. The number of rotatable bonds is 4. The molecule has 4 aromatic rings. The molecule has 3 aromatic heterocycles. The number of halogens is 2. The number of hydrogen-bond donors (Lipinski definition) is 1. The van der Waals surface area contributed by atoms with Crippen molar-refractivity contribution in [1.82, 2.24) is 24.4 Å². The first-order valence-corrected chi connectivity index (χ1v) is 12.1. The number of carbonyl (C=O) groups is 1. The predicted molar refractivity (Wildman–Crippen MR) is 136 cm³/mol. The van der Waals surface area contributed by atoms with Crippen LogP contribution in [0.3, 0.4) is 0 Å². The standard InChI is InChI=1S/C26H29F2N7O2/c1-15-10-20(27)21(30-25(36)19-14-35(26(3,4)5)32-23(19)28)12-18(15)17-11-22(33-6-8-37-9-7-33)24-29-16(2)31-34(24)13-17/h10-14H,6-9H2,1-5H3,(H,30,36). The highest BCUT2D eigenvalue weighted by atomic mass is 19.1. The monoisotopic (exact) mass is 509 g/mol. The van der Waals surface area contributed by atoms with E-state index in [1.807, 2.05) is 40.0 Å². The molecule has 1 saturated heterocycles. The van der Waals surface area contributed by atoms with Crippen LogP contribution in [0.15, 0.2) is 30.6 Å². The Kier molecular flexibility index (Phi) is 6.18. The Morgan fingerprint density at radius 3 is 2.46 bits per heavy atom. The SMILES string of the molecule is Cc1nc2c(N3CCOCC3)cc(-c3cc(NC(=O)c4cn(C(C)(C)C)nc4F)c(F)cc3C)cn2n1. The van der Waals surface area contributed by atoms with Crippen LogP contribution in [0.5, 0.6) is 0 Å². The fourth-order valence-electron chi connectivity index (χ4n) is 4.38. The molecule has 0 spiro atoms. The van der Waals surface area contributed by atoms with E-state index in [1.165, 1.54) is 16.9 Å². The maximum absolute atomic E-state index is 15.0. The minimum atomic E-state index is -0.915. The number of fused-ring (bicyclic) bond motifs is 1. The van der Waals surface area contributed by atoms with E-state index in [1.54, 1.807) is 17.5 Å². The van der Waals surface area contributed by atoms with E-state index in [-0.39, 0.29) is 11.3 Å². The van der Waals surface area contributed by atoms with Gasteiger partial charge < -0.3 is 15.0 Å². The summed E-state index contributed by atoms with van der Waals surface area (Å²) in [7, 11) is 0. The number of hydrogen-bond acceptors (Lipinski definition) is 6. The zero-order valence-corrected chi connectivity index (χ0v) is 21.5. The molecule has 1 N–H and O–H groups in total. The number of benzene rings is 1. The molecule has 0 unspecified atom stereocenters. The van der Waals surface area contributed by atoms with Gasteiger partial charge in [0.2, 0.25) is 5.95 Å². The summed E-state index contributed by atoms with van der Waals surface area (Å²) < 4.78 is 38.0. The van der Waals surface area contributed by atoms with Crippen molar-refractivity contribution in [3.63, 3.8) is 0 Å². The number of nitrogens with one attached hydrogen (secondary N) is 1. The molecule has 5 rings (SSSR count). The second-order valence-corrected chi connectivity index (χ2v) is 10.2. The third kappa shape index (κ3) is 4.78. The topological polar surface area (TPSA) is 89.6 Å². The fraction of sp³-hybridized carbons (Fsp3) is 0.385. The smallest absolute Gasteiger partial charge is 0.262 e. The second kappa shape index (κ2) is 9.22. The van der Waals surface area contributed by atoms with Crippen LogP contribution >= 0.6 is 0 Å². The molecule has 1 aliphatic heterocycles.